The molecule has 5 heteroatoms. The first kappa shape index (κ1) is 17.2. The zero-order valence-electron chi connectivity index (χ0n) is 15.0. The number of hydrogen-bond acceptors (Lipinski definition) is 4. The van der Waals surface area contributed by atoms with Crippen molar-refractivity contribution in [2.45, 2.75) is 70.5 Å². The van der Waals surface area contributed by atoms with Crippen LogP contribution in [0, 0.1) is 28.1 Å². The van der Waals surface area contributed by atoms with Gasteiger partial charge in [0.1, 0.15) is 0 Å². The monoisotopic (exact) mass is 348 g/mol. The summed E-state index contributed by atoms with van der Waals surface area (Å²) in [7, 11) is 0. The number of aliphatic hydroxyl groups is 2. The molecule has 7 atom stereocenters. The van der Waals surface area contributed by atoms with Gasteiger partial charge in [0.25, 0.3) is 0 Å². The van der Waals surface area contributed by atoms with Crippen LogP contribution in [0.4, 0.5) is 0 Å². The number of allylic oxidation sites excluding steroid dienone is 1. The van der Waals surface area contributed by atoms with E-state index in [9.17, 15) is 24.9 Å². The lowest BCUT2D eigenvalue weighted by molar-refractivity contribution is -0.280. The first-order valence-corrected chi connectivity index (χ1v) is 9.41. The number of carbonyl (C=O) groups is 2. The van der Waals surface area contributed by atoms with Crippen LogP contribution in [0.2, 0.25) is 0 Å². The van der Waals surface area contributed by atoms with Gasteiger partial charge in [-0.05, 0) is 56.9 Å². The zero-order chi connectivity index (χ0) is 18.4. The molecule has 138 valence electrons. The van der Waals surface area contributed by atoms with Gasteiger partial charge in [-0.15, -0.1) is 0 Å². The maximum atomic E-state index is 13.1. The zero-order valence-corrected chi connectivity index (χ0v) is 15.0. The van der Waals surface area contributed by atoms with Crippen molar-refractivity contribution in [1.29, 1.82) is 0 Å². The Hall–Kier alpha value is -1.20. The van der Waals surface area contributed by atoms with E-state index < -0.39 is 39.8 Å². The minimum Gasteiger partial charge on any atom is -0.481 e. The SMILES string of the molecule is C=C1C(=O)[C@]23C[C@@H]1CC[C@]2(O)[C@]1(C)CCC[C@@](C)(C(=O)O)[C@H]1[C@@H](O)C3. The van der Waals surface area contributed by atoms with E-state index in [1.165, 1.54) is 0 Å². The second-order valence-corrected chi connectivity index (χ2v) is 9.48. The second kappa shape index (κ2) is 4.74. The Morgan fingerprint density at radius 2 is 1.88 bits per heavy atom. The number of aliphatic carboxylic acids is 1. The van der Waals surface area contributed by atoms with Crippen molar-refractivity contribution in [1.82, 2.24) is 0 Å². The van der Waals surface area contributed by atoms with Crippen molar-refractivity contribution in [3.63, 3.8) is 0 Å². The molecule has 4 rings (SSSR count). The van der Waals surface area contributed by atoms with E-state index in [2.05, 4.69) is 6.58 Å². The van der Waals surface area contributed by atoms with Gasteiger partial charge in [0.2, 0.25) is 0 Å². The molecule has 25 heavy (non-hydrogen) atoms. The van der Waals surface area contributed by atoms with Gasteiger partial charge in [0.05, 0.1) is 22.5 Å². The van der Waals surface area contributed by atoms with E-state index in [0.717, 1.165) is 0 Å². The molecule has 5 nitrogen and oxygen atoms in total. The van der Waals surface area contributed by atoms with Crippen LogP contribution in [-0.4, -0.2) is 38.8 Å². The van der Waals surface area contributed by atoms with E-state index in [0.29, 0.717) is 44.1 Å². The minimum absolute atomic E-state index is 0.0922. The molecule has 0 aliphatic heterocycles. The number of Topliss-reactive ketones (excluding diaryl/α,β-unsaturated/α-hetero) is 1. The minimum atomic E-state index is -1.27. The fraction of sp³-hybridized carbons (Fsp3) is 0.800. The molecule has 2 bridgehead atoms. The van der Waals surface area contributed by atoms with Gasteiger partial charge in [0.15, 0.2) is 5.78 Å². The number of carboxylic acids is 1. The van der Waals surface area contributed by atoms with Crippen LogP contribution in [0.25, 0.3) is 0 Å². The van der Waals surface area contributed by atoms with Crippen LogP contribution in [0.15, 0.2) is 12.2 Å². The molecular weight excluding hydrogens is 320 g/mol. The Balaban J connectivity index is 1.91. The highest BCUT2D eigenvalue weighted by Crippen LogP contribution is 2.72. The van der Waals surface area contributed by atoms with Gasteiger partial charge in [-0.25, -0.2) is 0 Å². The number of hydrogen-bond donors (Lipinski definition) is 3. The quantitative estimate of drug-likeness (QED) is 0.632. The number of ketones is 1. The summed E-state index contributed by atoms with van der Waals surface area (Å²) >= 11 is 0. The Labute approximate surface area is 148 Å². The Morgan fingerprint density at radius 3 is 2.52 bits per heavy atom. The summed E-state index contributed by atoms with van der Waals surface area (Å²) in [5, 5.41) is 32.9. The van der Waals surface area contributed by atoms with E-state index in [-0.39, 0.29) is 18.1 Å². The number of carboxylic acid groups (broad SMARTS) is 1. The molecule has 4 aliphatic rings. The topological polar surface area (TPSA) is 94.8 Å². The highest BCUT2D eigenvalue weighted by atomic mass is 16.4. The van der Waals surface area contributed by atoms with Gasteiger partial charge < -0.3 is 15.3 Å². The van der Waals surface area contributed by atoms with E-state index in [4.69, 9.17) is 0 Å². The largest absolute Gasteiger partial charge is 0.481 e. The number of carbonyl (C=O) groups excluding carboxylic acids is 1. The Bertz CT molecular complexity index is 686. The smallest absolute Gasteiger partial charge is 0.309 e. The van der Waals surface area contributed by atoms with E-state index in [1.807, 2.05) is 6.92 Å². The first-order chi connectivity index (χ1) is 11.5. The molecule has 4 aliphatic carbocycles. The molecule has 0 amide bonds. The van der Waals surface area contributed by atoms with Gasteiger partial charge in [-0.2, -0.15) is 0 Å². The normalized spacial score (nSPS) is 54.8. The van der Waals surface area contributed by atoms with Crippen LogP contribution < -0.4 is 0 Å². The standard InChI is InChI=1S/C20H28O5/c1-11-12-5-8-20(25)18(3)7-4-6-17(2,16(23)24)14(18)13(21)10-19(20,9-12)15(11)22/h12-14,21,25H,1,4-10H2,2-3H3,(H,23,24)/t12-,13-,14+,17+,18+,19+,20-/m0/s1. The molecular formula is C20H28O5. The number of fused-ring (bicyclic) bond motifs is 3. The molecule has 3 N–H and O–H groups in total. The summed E-state index contributed by atoms with van der Waals surface area (Å²) in [6.45, 7) is 7.58. The average molecular weight is 348 g/mol. The van der Waals surface area contributed by atoms with E-state index in [1.54, 1.807) is 6.92 Å². The Morgan fingerprint density at radius 1 is 1.20 bits per heavy atom. The van der Waals surface area contributed by atoms with Crippen molar-refractivity contribution in [2.24, 2.45) is 28.1 Å². The summed E-state index contributed by atoms with van der Waals surface area (Å²) in [4.78, 5) is 25.2. The van der Waals surface area contributed by atoms with Crippen LogP contribution in [0.3, 0.4) is 0 Å². The predicted octanol–water partition coefficient (Wildman–Crippen LogP) is 2.30. The van der Waals surface area contributed by atoms with Crippen molar-refractivity contribution in [3.05, 3.63) is 12.2 Å². The highest BCUT2D eigenvalue weighted by Gasteiger charge is 2.77. The summed E-state index contributed by atoms with van der Waals surface area (Å²) in [6.07, 6.45) is 2.81. The molecule has 0 aromatic carbocycles. The van der Waals surface area contributed by atoms with Crippen LogP contribution in [-0.2, 0) is 9.59 Å². The molecule has 1 spiro atoms. The van der Waals surface area contributed by atoms with Gasteiger partial charge in [-0.1, -0.05) is 19.9 Å². The summed E-state index contributed by atoms with van der Waals surface area (Å²) in [5.41, 5.74) is -3.55. The fourth-order valence-electron chi connectivity index (χ4n) is 7.43. The van der Waals surface area contributed by atoms with E-state index >= 15 is 0 Å². The lowest BCUT2D eigenvalue weighted by Crippen LogP contribution is -2.73. The van der Waals surface area contributed by atoms with Crippen molar-refractivity contribution in [2.75, 3.05) is 0 Å². The van der Waals surface area contributed by atoms with Gasteiger partial charge in [-0.3, -0.25) is 9.59 Å². The molecule has 0 heterocycles. The van der Waals surface area contributed by atoms with Crippen molar-refractivity contribution < 1.29 is 24.9 Å². The maximum Gasteiger partial charge on any atom is 0.309 e. The fourth-order valence-corrected chi connectivity index (χ4v) is 7.43. The lowest BCUT2D eigenvalue weighted by atomic mass is 9.38. The molecule has 0 saturated heterocycles. The summed E-state index contributed by atoms with van der Waals surface area (Å²) < 4.78 is 0. The summed E-state index contributed by atoms with van der Waals surface area (Å²) in [6, 6.07) is 0. The molecule has 0 unspecified atom stereocenters. The molecule has 0 aromatic heterocycles. The predicted molar refractivity (Wildman–Crippen MR) is 90.7 cm³/mol. The van der Waals surface area contributed by atoms with Crippen LogP contribution in [0.5, 0.6) is 0 Å². The van der Waals surface area contributed by atoms with Crippen LogP contribution in [0.1, 0.15) is 58.8 Å². The first-order valence-electron chi connectivity index (χ1n) is 9.41. The second-order valence-electron chi connectivity index (χ2n) is 9.48. The average Bonchev–Trinajstić information content (AvgIpc) is 2.73. The Kier molecular flexibility index (Phi) is 3.27. The molecule has 4 saturated carbocycles. The number of aliphatic hydroxyl groups excluding tert-OH is 1. The van der Waals surface area contributed by atoms with Crippen molar-refractivity contribution in [3.8, 4) is 0 Å². The molecule has 0 aromatic rings. The molecule has 4 fully saturated rings. The van der Waals surface area contributed by atoms with Crippen molar-refractivity contribution >= 4 is 11.8 Å². The highest BCUT2D eigenvalue weighted by molar-refractivity contribution is 6.04. The van der Waals surface area contributed by atoms with Gasteiger partial charge >= 0.3 is 5.97 Å². The molecule has 0 radical (unpaired) electrons. The maximum absolute atomic E-state index is 13.1. The lowest BCUT2D eigenvalue weighted by Gasteiger charge is -2.67. The number of rotatable bonds is 1. The third-order valence-electron chi connectivity index (χ3n) is 8.60. The summed E-state index contributed by atoms with van der Waals surface area (Å²) in [5.74, 6) is -1.48. The van der Waals surface area contributed by atoms with Crippen LogP contribution >= 0.6 is 0 Å². The third kappa shape index (κ3) is 1.67. The third-order valence-corrected chi connectivity index (χ3v) is 8.60. The van der Waals surface area contributed by atoms with Gasteiger partial charge in [0, 0.05) is 11.3 Å².